The summed E-state index contributed by atoms with van der Waals surface area (Å²) in [6.07, 6.45) is 5.65. The van der Waals surface area contributed by atoms with Crippen LogP contribution in [0.25, 0.3) is 0 Å². The fourth-order valence-electron chi connectivity index (χ4n) is 6.67. The number of nitrogens with one attached hydrogen (secondary N) is 1. The van der Waals surface area contributed by atoms with Crippen molar-refractivity contribution in [3.05, 3.63) is 71.3 Å². The number of benzene rings is 2. The fourth-order valence-corrected chi connectivity index (χ4v) is 6.67. The Bertz CT molecular complexity index is 1030. The van der Waals surface area contributed by atoms with Crippen molar-refractivity contribution in [2.45, 2.75) is 63.5 Å². The van der Waals surface area contributed by atoms with Crippen molar-refractivity contribution in [2.75, 3.05) is 13.1 Å². The molecule has 1 aliphatic heterocycles. The van der Waals surface area contributed by atoms with E-state index >= 15 is 0 Å². The summed E-state index contributed by atoms with van der Waals surface area (Å²) in [5, 5.41) is 3.82. The van der Waals surface area contributed by atoms with Gasteiger partial charge in [0, 0.05) is 35.5 Å². The first kappa shape index (κ1) is 21.3. The smallest absolute Gasteiger partial charge is 0.299 e. The molecule has 3 aliphatic rings. The van der Waals surface area contributed by atoms with Crippen LogP contribution in [0.3, 0.4) is 0 Å². The van der Waals surface area contributed by atoms with Crippen LogP contribution in [0.15, 0.2) is 54.6 Å². The van der Waals surface area contributed by atoms with Crippen LogP contribution in [0.2, 0.25) is 0 Å². The zero-order valence-corrected chi connectivity index (χ0v) is 19.3. The molecular formula is C29H34N2O. The summed E-state index contributed by atoms with van der Waals surface area (Å²) in [7, 11) is 0. The van der Waals surface area contributed by atoms with E-state index in [0.29, 0.717) is 17.9 Å². The van der Waals surface area contributed by atoms with Gasteiger partial charge in [-0.25, -0.2) is 0 Å². The molecule has 5 rings (SSSR count). The largest absolute Gasteiger partial charge is 0.329 e. The first-order chi connectivity index (χ1) is 15.6. The maximum Gasteiger partial charge on any atom is 0.299 e. The van der Waals surface area contributed by atoms with Crippen LogP contribution < -0.4 is 5.32 Å². The number of carbonyl (C=O) groups is 1. The van der Waals surface area contributed by atoms with Crippen molar-refractivity contribution in [3.8, 4) is 11.8 Å². The minimum Gasteiger partial charge on any atom is -0.329 e. The van der Waals surface area contributed by atoms with Crippen molar-refractivity contribution in [1.29, 1.82) is 0 Å². The molecule has 1 N–H and O–H groups in total. The zero-order valence-electron chi connectivity index (χ0n) is 19.3. The number of fused-ring (bicyclic) bond motifs is 1. The molecule has 3 heteroatoms. The molecule has 0 spiro atoms. The number of hydrogen-bond donors (Lipinski definition) is 1. The van der Waals surface area contributed by atoms with Crippen molar-refractivity contribution in [1.82, 2.24) is 10.2 Å². The van der Waals surface area contributed by atoms with Gasteiger partial charge in [-0.2, -0.15) is 0 Å². The Labute approximate surface area is 192 Å². The third-order valence-corrected chi connectivity index (χ3v) is 7.93. The van der Waals surface area contributed by atoms with Gasteiger partial charge in [0.1, 0.15) is 0 Å². The summed E-state index contributed by atoms with van der Waals surface area (Å²) >= 11 is 0. The quantitative estimate of drug-likeness (QED) is 0.731. The average molecular weight is 427 g/mol. The monoisotopic (exact) mass is 426 g/mol. The molecule has 2 aliphatic carbocycles. The molecule has 166 valence electrons. The number of amides is 1. The Hall–Kier alpha value is -2.57. The lowest BCUT2D eigenvalue weighted by molar-refractivity contribution is -0.130. The predicted molar refractivity (Wildman–Crippen MR) is 129 cm³/mol. The van der Waals surface area contributed by atoms with Gasteiger partial charge < -0.3 is 10.2 Å². The first-order valence-electron chi connectivity index (χ1n) is 12.3. The van der Waals surface area contributed by atoms with Crippen LogP contribution >= 0.6 is 0 Å². The summed E-state index contributed by atoms with van der Waals surface area (Å²) in [6.45, 7) is 6.25. The highest BCUT2D eigenvalue weighted by Gasteiger charge is 2.54. The summed E-state index contributed by atoms with van der Waals surface area (Å²) in [5.41, 5.74) is 4.15. The Morgan fingerprint density at radius 2 is 1.91 bits per heavy atom. The molecule has 0 aromatic heterocycles. The van der Waals surface area contributed by atoms with E-state index in [0.717, 1.165) is 37.9 Å². The van der Waals surface area contributed by atoms with Gasteiger partial charge in [-0.1, -0.05) is 62.2 Å². The summed E-state index contributed by atoms with van der Waals surface area (Å²) in [6, 6.07) is 19.8. The minimum absolute atomic E-state index is 0.0167. The standard InChI is InChI=1S/C29H34N2O/c1-21(2)20-31(28(32)15-12-22-8-4-3-5-9-22)24-13-14-26-27-18-23-10-6-7-11-25(23)29(26,19-24)16-17-30-27/h3-11,21,24,26-27,30H,13-14,16-20H2,1-2H3/t24-,26-,27+,29+/m0/s1. The molecule has 4 atom stereocenters. The normalized spacial score (nSPS) is 28.2. The van der Waals surface area contributed by atoms with Crippen molar-refractivity contribution >= 4 is 5.91 Å². The minimum atomic E-state index is -0.0167. The van der Waals surface area contributed by atoms with Gasteiger partial charge in [0.05, 0.1) is 0 Å². The molecule has 0 unspecified atom stereocenters. The Balaban J connectivity index is 1.45. The lowest BCUT2D eigenvalue weighted by Gasteiger charge is -2.58. The van der Waals surface area contributed by atoms with E-state index in [1.54, 1.807) is 5.56 Å². The molecule has 1 amide bonds. The molecule has 1 heterocycles. The zero-order chi connectivity index (χ0) is 22.1. The first-order valence-corrected chi connectivity index (χ1v) is 12.3. The van der Waals surface area contributed by atoms with Gasteiger partial charge in [-0.05, 0) is 73.7 Å². The van der Waals surface area contributed by atoms with Crippen LogP contribution in [0, 0.1) is 23.7 Å². The molecule has 2 bridgehead atoms. The third kappa shape index (κ3) is 3.86. The van der Waals surface area contributed by atoms with Crippen LogP contribution in [-0.4, -0.2) is 36.0 Å². The molecule has 3 nitrogen and oxygen atoms in total. The van der Waals surface area contributed by atoms with Crippen LogP contribution in [0.1, 0.15) is 56.2 Å². The second kappa shape index (κ2) is 8.75. The lowest BCUT2D eigenvalue weighted by atomic mass is 9.52. The van der Waals surface area contributed by atoms with Gasteiger partial charge in [0.2, 0.25) is 0 Å². The van der Waals surface area contributed by atoms with E-state index in [1.165, 1.54) is 18.4 Å². The van der Waals surface area contributed by atoms with Crippen molar-refractivity contribution in [2.24, 2.45) is 11.8 Å². The van der Waals surface area contributed by atoms with Gasteiger partial charge in [0.25, 0.3) is 5.91 Å². The van der Waals surface area contributed by atoms with E-state index in [-0.39, 0.29) is 17.4 Å². The second-order valence-corrected chi connectivity index (χ2v) is 10.3. The van der Waals surface area contributed by atoms with Gasteiger partial charge in [-0.15, -0.1) is 0 Å². The highest BCUT2D eigenvalue weighted by atomic mass is 16.2. The predicted octanol–water partition coefficient (Wildman–Crippen LogP) is 4.55. The number of carbonyl (C=O) groups excluding carboxylic acids is 1. The fraction of sp³-hybridized carbons (Fsp3) is 0.483. The number of piperidine rings is 1. The van der Waals surface area contributed by atoms with Crippen LogP contribution in [0.4, 0.5) is 0 Å². The Morgan fingerprint density at radius 1 is 1.12 bits per heavy atom. The summed E-state index contributed by atoms with van der Waals surface area (Å²) < 4.78 is 0. The maximum atomic E-state index is 13.4. The van der Waals surface area contributed by atoms with Crippen LogP contribution in [0.5, 0.6) is 0 Å². The maximum absolute atomic E-state index is 13.4. The average Bonchev–Trinajstić information content (AvgIpc) is 2.81. The van der Waals surface area contributed by atoms with E-state index < -0.39 is 0 Å². The third-order valence-electron chi connectivity index (χ3n) is 7.93. The topological polar surface area (TPSA) is 32.3 Å². The van der Waals surface area contributed by atoms with E-state index in [1.807, 2.05) is 30.3 Å². The molecule has 1 saturated heterocycles. The van der Waals surface area contributed by atoms with Gasteiger partial charge >= 0.3 is 0 Å². The Morgan fingerprint density at radius 3 is 2.72 bits per heavy atom. The van der Waals surface area contributed by atoms with E-state index in [9.17, 15) is 4.79 Å². The number of nitrogens with zero attached hydrogens (tertiary/aromatic N) is 1. The lowest BCUT2D eigenvalue weighted by Crippen LogP contribution is -2.62. The van der Waals surface area contributed by atoms with E-state index in [4.69, 9.17) is 0 Å². The number of hydrogen-bond acceptors (Lipinski definition) is 2. The molecule has 2 aromatic carbocycles. The van der Waals surface area contributed by atoms with Crippen molar-refractivity contribution in [3.63, 3.8) is 0 Å². The Kier molecular flexibility index (Phi) is 5.82. The van der Waals surface area contributed by atoms with Crippen molar-refractivity contribution < 1.29 is 4.79 Å². The molecule has 1 saturated carbocycles. The van der Waals surface area contributed by atoms with E-state index in [2.05, 4.69) is 60.2 Å². The summed E-state index contributed by atoms with van der Waals surface area (Å²) in [5.74, 6) is 7.15. The molecular weight excluding hydrogens is 392 g/mol. The summed E-state index contributed by atoms with van der Waals surface area (Å²) in [4.78, 5) is 15.5. The molecule has 0 radical (unpaired) electrons. The van der Waals surface area contributed by atoms with Crippen LogP contribution in [-0.2, 0) is 16.6 Å². The SMILES string of the molecule is CC(C)CN(C(=O)C#Cc1ccccc1)[C@H]1CC[C@H]2[C@H]3Cc4ccccc4[C@@]2(CCN3)C1. The molecule has 2 aromatic rings. The highest BCUT2D eigenvalue weighted by molar-refractivity contribution is 5.94. The highest BCUT2D eigenvalue weighted by Crippen LogP contribution is 2.54. The number of rotatable bonds is 3. The molecule has 32 heavy (non-hydrogen) atoms. The second-order valence-electron chi connectivity index (χ2n) is 10.3. The van der Waals surface area contributed by atoms with Gasteiger partial charge in [-0.3, -0.25) is 4.79 Å². The van der Waals surface area contributed by atoms with Gasteiger partial charge in [0.15, 0.2) is 0 Å². The molecule has 2 fully saturated rings.